The van der Waals surface area contributed by atoms with Gasteiger partial charge in [0.2, 0.25) is 0 Å². The molecular weight excluding hydrogens is 682 g/mol. The Morgan fingerprint density at radius 3 is 2.33 bits per heavy atom. The average Bonchev–Trinajstić information content (AvgIpc) is 3.54. The molecule has 1 aliphatic heterocycles. The normalized spacial score (nSPS) is 14.8. The SMILES string of the molecule is CCOc1cc([C@@H]2NC(=O)NC(C)=C2C(=O)OC)ccc1OC[C@@H](O)N/N=C/c1cc(-c2ccccc2)n(-c2ccc(Cl)cc2)c1-c1ccccc1. The lowest BCUT2D eigenvalue weighted by Gasteiger charge is -2.28. The lowest BCUT2D eigenvalue weighted by atomic mass is 9.95. The van der Waals surface area contributed by atoms with Gasteiger partial charge in [-0.05, 0) is 73.0 Å². The number of hydrogen-bond acceptors (Lipinski definition) is 8. The molecule has 0 saturated carbocycles. The minimum Gasteiger partial charge on any atom is -0.490 e. The molecule has 1 aliphatic rings. The van der Waals surface area contributed by atoms with E-state index < -0.39 is 24.3 Å². The van der Waals surface area contributed by atoms with Crippen molar-refractivity contribution in [1.82, 2.24) is 20.6 Å². The maximum absolute atomic E-state index is 12.6. The van der Waals surface area contributed by atoms with Gasteiger partial charge in [0, 0.05) is 22.0 Å². The molecule has 2 atom stereocenters. The van der Waals surface area contributed by atoms with Crippen LogP contribution < -0.4 is 25.5 Å². The fraction of sp³-hybridized carbons (Fsp3) is 0.175. The van der Waals surface area contributed by atoms with Crippen molar-refractivity contribution in [2.75, 3.05) is 20.3 Å². The van der Waals surface area contributed by atoms with E-state index in [0.717, 1.165) is 33.8 Å². The number of nitrogens with zero attached hydrogens (tertiary/aromatic N) is 2. The summed E-state index contributed by atoms with van der Waals surface area (Å²) in [5.74, 6) is 0.154. The van der Waals surface area contributed by atoms with E-state index in [2.05, 4.69) is 43.9 Å². The van der Waals surface area contributed by atoms with Gasteiger partial charge >= 0.3 is 12.0 Å². The predicted octanol–water partition coefficient (Wildman–Crippen LogP) is 6.99. The molecule has 4 N–H and O–H groups in total. The van der Waals surface area contributed by atoms with Gasteiger partial charge in [0.15, 0.2) is 17.7 Å². The molecule has 266 valence electrons. The largest absolute Gasteiger partial charge is 0.490 e. The van der Waals surface area contributed by atoms with Gasteiger partial charge in [-0.25, -0.2) is 9.59 Å². The molecular formula is C40H38ClN5O6. The summed E-state index contributed by atoms with van der Waals surface area (Å²) in [5, 5.41) is 21.3. The first-order valence-corrected chi connectivity index (χ1v) is 17.0. The van der Waals surface area contributed by atoms with E-state index in [9.17, 15) is 14.7 Å². The lowest BCUT2D eigenvalue weighted by molar-refractivity contribution is -0.136. The zero-order valence-electron chi connectivity index (χ0n) is 28.8. The number of halogens is 1. The number of hydrogen-bond donors (Lipinski definition) is 4. The van der Waals surface area contributed by atoms with Crippen LogP contribution in [0.5, 0.6) is 11.5 Å². The Balaban J connectivity index is 1.24. The van der Waals surface area contributed by atoms with E-state index in [1.165, 1.54) is 7.11 Å². The summed E-state index contributed by atoms with van der Waals surface area (Å²) in [7, 11) is 1.28. The molecule has 5 aromatic rings. The maximum atomic E-state index is 12.6. The summed E-state index contributed by atoms with van der Waals surface area (Å²) in [4.78, 5) is 24.8. The van der Waals surface area contributed by atoms with Crippen molar-refractivity contribution in [3.63, 3.8) is 0 Å². The van der Waals surface area contributed by atoms with Crippen LogP contribution in [0.4, 0.5) is 4.79 Å². The van der Waals surface area contributed by atoms with Crippen molar-refractivity contribution in [1.29, 1.82) is 0 Å². The molecule has 0 radical (unpaired) electrons. The second-order valence-electron chi connectivity index (χ2n) is 11.8. The minimum absolute atomic E-state index is 0.167. The van der Waals surface area contributed by atoms with Crippen molar-refractivity contribution >= 4 is 29.8 Å². The van der Waals surface area contributed by atoms with Crippen LogP contribution in [-0.4, -0.2) is 54.4 Å². The van der Waals surface area contributed by atoms with Gasteiger partial charge in [0.1, 0.15) is 6.61 Å². The van der Waals surface area contributed by atoms with Crippen LogP contribution in [0.1, 0.15) is 31.0 Å². The molecule has 12 heteroatoms. The zero-order chi connectivity index (χ0) is 36.6. The van der Waals surface area contributed by atoms with Gasteiger partial charge in [0.05, 0.1) is 42.9 Å². The van der Waals surface area contributed by atoms with Crippen molar-refractivity contribution in [3.05, 3.63) is 137 Å². The standard InChI is InChI=1S/C40H38ClN5O6/c1-4-51-34-22-28(37-36(39(48)50-3)25(2)43-40(49)44-37)15-20-33(34)52-24-35(47)45-42-23-29-21-32(26-11-7-5-8-12-26)46(31-18-16-30(41)17-19-31)38(29)27-13-9-6-10-14-27/h5-23,35,37,45,47H,4,24H2,1-3H3,(H2,43,44,49)/b42-23+/t35-,37+/m1/s1. The van der Waals surface area contributed by atoms with Crippen molar-refractivity contribution in [2.45, 2.75) is 26.1 Å². The van der Waals surface area contributed by atoms with E-state index in [-0.39, 0.29) is 12.2 Å². The number of aliphatic hydroxyl groups excluding tert-OH is 1. The van der Waals surface area contributed by atoms with Gasteiger partial charge in [-0.1, -0.05) is 78.3 Å². The van der Waals surface area contributed by atoms with Crippen LogP contribution in [0.3, 0.4) is 0 Å². The Bertz CT molecular complexity index is 2100. The number of benzene rings is 4. The highest BCUT2D eigenvalue weighted by Crippen LogP contribution is 2.37. The summed E-state index contributed by atoms with van der Waals surface area (Å²) in [6.07, 6.45) is 0.491. The maximum Gasteiger partial charge on any atom is 0.337 e. The molecule has 0 bridgehead atoms. The number of carbonyl (C=O) groups excluding carboxylic acids is 2. The quantitative estimate of drug-likeness (QED) is 0.0446. The molecule has 2 amide bonds. The summed E-state index contributed by atoms with van der Waals surface area (Å²) in [6, 6.07) is 33.7. The van der Waals surface area contributed by atoms with Crippen molar-refractivity contribution in [2.24, 2.45) is 5.10 Å². The number of ether oxygens (including phenoxy) is 3. The average molecular weight is 720 g/mol. The number of amides is 2. The smallest absolute Gasteiger partial charge is 0.337 e. The number of nitrogens with one attached hydrogen (secondary N) is 3. The van der Waals surface area contributed by atoms with Crippen LogP contribution in [0.25, 0.3) is 28.2 Å². The van der Waals surface area contributed by atoms with E-state index >= 15 is 0 Å². The Kier molecular flexibility index (Phi) is 11.2. The van der Waals surface area contributed by atoms with Gasteiger partial charge in [-0.15, -0.1) is 0 Å². The van der Waals surface area contributed by atoms with Gasteiger partial charge in [-0.2, -0.15) is 5.10 Å². The molecule has 0 unspecified atom stereocenters. The number of aliphatic hydroxyl groups is 1. The number of hydrazone groups is 1. The van der Waals surface area contributed by atoms with Crippen LogP contribution >= 0.6 is 11.6 Å². The minimum atomic E-state index is -1.18. The van der Waals surface area contributed by atoms with Gasteiger partial charge < -0.3 is 34.5 Å². The topological polar surface area (TPSA) is 135 Å². The molecule has 6 rings (SSSR count). The fourth-order valence-corrected chi connectivity index (χ4v) is 6.14. The van der Waals surface area contributed by atoms with E-state index in [1.807, 2.05) is 79.7 Å². The number of carbonyl (C=O) groups is 2. The Labute approximate surface area is 306 Å². The fourth-order valence-electron chi connectivity index (χ4n) is 6.01. The molecule has 0 spiro atoms. The number of aromatic nitrogens is 1. The van der Waals surface area contributed by atoms with E-state index in [0.29, 0.717) is 34.4 Å². The second-order valence-corrected chi connectivity index (χ2v) is 12.2. The monoisotopic (exact) mass is 719 g/mol. The Hall–Kier alpha value is -6.04. The number of esters is 1. The van der Waals surface area contributed by atoms with Crippen molar-refractivity contribution < 1.29 is 28.9 Å². The summed E-state index contributed by atoms with van der Waals surface area (Å²) in [6.45, 7) is 3.62. The molecule has 4 aromatic carbocycles. The number of urea groups is 1. The molecule has 1 aromatic heterocycles. The first kappa shape index (κ1) is 35.8. The highest BCUT2D eigenvalue weighted by molar-refractivity contribution is 6.30. The first-order chi connectivity index (χ1) is 25.3. The van der Waals surface area contributed by atoms with Crippen molar-refractivity contribution in [3.8, 4) is 39.7 Å². The third kappa shape index (κ3) is 7.96. The third-order valence-corrected chi connectivity index (χ3v) is 8.58. The summed E-state index contributed by atoms with van der Waals surface area (Å²) in [5.41, 5.74) is 9.60. The van der Waals surface area contributed by atoms with Crippen LogP contribution in [0.15, 0.2) is 126 Å². The van der Waals surface area contributed by atoms with Crippen LogP contribution in [0.2, 0.25) is 5.02 Å². The second kappa shape index (κ2) is 16.3. The van der Waals surface area contributed by atoms with Gasteiger partial charge in [0.25, 0.3) is 0 Å². The van der Waals surface area contributed by atoms with Gasteiger partial charge in [-0.3, -0.25) is 5.43 Å². The molecule has 0 saturated heterocycles. The molecule has 52 heavy (non-hydrogen) atoms. The summed E-state index contributed by atoms with van der Waals surface area (Å²) < 4.78 is 18.9. The van der Waals surface area contributed by atoms with E-state index in [4.69, 9.17) is 25.8 Å². The van der Waals surface area contributed by atoms with Crippen LogP contribution in [0, 0.1) is 0 Å². The summed E-state index contributed by atoms with van der Waals surface area (Å²) >= 11 is 6.26. The lowest BCUT2D eigenvalue weighted by Crippen LogP contribution is -2.45. The predicted molar refractivity (Wildman–Crippen MR) is 201 cm³/mol. The number of allylic oxidation sites excluding steroid dienone is 1. The number of methoxy groups -OCH3 is 1. The highest BCUT2D eigenvalue weighted by Gasteiger charge is 2.32. The molecule has 11 nitrogen and oxygen atoms in total. The highest BCUT2D eigenvalue weighted by atomic mass is 35.5. The molecule has 0 fully saturated rings. The van der Waals surface area contributed by atoms with E-state index in [1.54, 1.807) is 31.3 Å². The number of rotatable bonds is 13. The first-order valence-electron chi connectivity index (χ1n) is 16.6. The molecule has 2 heterocycles. The Morgan fingerprint density at radius 2 is 1.65 bits per heavy atom. The molecule has 0 aliphatic carbocycles. The zero-order valence-corrected chi connectivity index (χ0v) is 29.6. The Morgan fingerprint density at radius 1 is 0.962 bits per heavy atom. The van der Waals surface area contributed by atoms with Crippen LogP contribution in [-0.2, 0) is 9.53 Å². The third-order valence-electron chi connectivity index (χ3n) is 8.33.